The Balaban J connectivity index is 1.59. The van der Waals surface area contributed by atoms with E-state index in [4.69, 9.17) is 4.42 Å². The van der Waals surface area contributed by atoms with Gasteiger partial charge in [-0.2, -0.15) is 0 Å². The number of phenolic OH excluding ortho intramolecular Hbond substituents is 2. The fourth-order valence-corrected chi connectivity index (χ4v) is 5.60. The van der Waals surface area contributed by atoms with Crippen LogP contribution in [0.5, 0.6) is 11.5 Å². The normalized spacial score (nSPS) is 22.6. The molecule has 1 saturated carbocycles. The van der Waals surface area contributed by atoms with Crippen molar-refractivity contribution in [2.75, 3.05) is 20.1 Å². The summed E-state index contributed by atoms with van der Waals surface area (Å²) in [6.45, 7) is 1.20. The monoisotopic (exact) mass is 449 g/mol. The Morgan fingerprint density at radius 3 is 2.39 bits per heavy atom. The second kappa shape index (κ2) is 8.84. The Bertz CT molecular complexity index is 1210. The molecule has 1 aliphatic heterocycles. The van der Waals surface area contributed by atoms with Crippen molar-refractivity contribution in [1.29, 1.82) is 0 Å². The molecule has 1 saturated heterocycles. The first kappa shape index (κ1) is 22.0. The smallest absolute Gasteiger partial charge is 0.197 e. The summed E-state index contributed by atoms with van der Waals surface area (Å²) >= 11 is 0. The van der Waals surface area contributed by atoms with Gasteiger partial charge in [-0.15, -0.1) is 0 Å². The minimum atomic E-state index is -0.717. The van der Waals surface area contributed by atoms with E-state index in [2.05, 4.69) is 12.1 Å². The van der Waals surface area contributed by atoms with Crippen LogP contribution in [0.4, 0.5) is 0 Å². The zero-order valence-corrected chi connectivity index (χ0v) is 19.0. The number of β-amino-alcohol motifs (C(OH)–C–C–N with tert-alkyl or cyclic N) is 1. The summed E-state index contributed by atoms with van der Waals surface area (Å²) in [4.78, 5) is 15.0. The summed E-state index contributed by atoms with van der Waals surface area (Å²) in [5.74, 6) is 0.0960. The summed E-state index contributed by atoms with van der Waals surface area (Å²) in [7, 11) is 1.93. The third-order valence-corrected chi connectivity index (χ3v) is 7.43. The number of nitrogens with zero attached hydrogens (tertiary/aromatic N) is 1. The molecule has 2 aromatic carbocycles. The molecule has 3 aromatic rings. The predicted molar refractivity (Wildman–Crippen MR) is 128 cm³/mol. The number of hydrogen-bond acceptors (Lipinski definition) is 6. The molecule has 0 radical (unpaired) electrons. The molecule has 33 heavy (non-hydrogen) atoms. The van der Waals surface area contributed by atoms with Crippen LogP contribution in [0.3, 0.4) is 0 Å². The molecule has 3 N–H and O–H groups in total. The number of likely N-dealkylation sites (tertiary alicyclic amines) is 1. The lowest BCUT2D eigenvalue weighted by Gasteiger charge is -2.34. The lowest BCUT2D eigenvalue weighted by molar-refractivity contribution is 0.0630. The van der Waals surface area contributed by atoms with E-state index in [9.17, 15) is 20.1 Å². The van der Waals surface area contributed by atoms with E-state index in [1.54, 1.807) is 0 Å². The molecule has 2 heterocycles. The number of benzene rings is 2. The lowest BCUT2D eigenvalue weighted by Crippen LogP contribution is -2.40. The van der Waals surface area contributed by atoms with Gasteiger partial charge in [-0.3, -0.25) is 4.79 Å². The topological polar surface area (TPSA) is 94.1 Å². The van der Waals surface area contributed by atoms with Gasteiger partial charge in [-0.1, -0.05) is 43.5 Å². The minimum Gasteiger partial charge on any atom is -0.507 e. The highest BCUT2D eigenvalue weighted by molar-refractivity contribution is 5.89. The van der Waals surface area contributed by atoms with Crippen LogP contribution in [0, 0.1) is 0 Å². The molecule has 2 fully saturated rings. The van der Waals surface area contributed by atoms with Crippen molar-refractivity contribution in [3.8, 4) is 22.8 Å². The van der Waals surface area contributed by atoms with Crippen LogP contribution >= 0.6 is 0 Å². The first-order chi connectivity index (χ1) is 15.9. The summed E-state index contributed by atoms with van der Waals surface area (Å²) in [6, 6.07) is 10.7. The molecule has 0 unspecified atom stereocenters. The molecule has 6 heteroatoms. The molecule has 2 atom stereocenters. The van der Waals surface area contributed by atoms with Crippen molar-refractivity contribution < 1.29 is 19.7 Å². The van der Waals surface area contributed by atoms with E-state index in [1.807, 2.05) is 24.1 Å². The number of rotatable bonds is 3. The third kappa shape index (κ3) is 4.13. The van der Waals surface area contributed by atoms with Gasteiger partial charge in [-0.05, 0) is 44.3 Å². The maximum absolute atomic E-state index is 13.0. The zero-order chi connectivity index (χ0) is 23.1. The SMILES string of the molecule is CN1CC[C@H](c2c(O)cc(O)c3c(=O)cc(-c4ccc(C5CCCCC5)cc4)oc23)[C@H](O)C1. The molecular weight excluding hydrogens is 418 g/mol. The molecule has 174 valence electrons. The quantitative estimate of drug-likeness (QED) is 0.537. The van der Waals surface area contributed by atoms with Crippen molar-refractivity contribution in [3.63, 3.8) is 0 Å². The molecule has 6 nitrogen and oxygen atoms in total. The number of likely N-dealkylation sites (N-methyl/N-ethyl adjacent to an activating group) is 1. The fraction of sp³-hybridized carbons (Fsp3) is 0.444. The van der Waals surface area contributed by atoms with Crippen molar-refractivity contribution >= 4 is 11.0 Å². The predicted octanol–water partition coefficient (Wildman–Crippen LogP) is 4.70. The van der Waals surface area contributed by atoms with Crippen LogP contribution in [0.15, 0.2) is 45.6 Å². The van der Waals surface area contributed by atoms with Crippen molar-refractivity contribution in [2.45, 2.75) is 56.5 Å². The average Bonchev–Trinajstić information content (AvgIpc) is 2.80. The Labute approximate surface area is 193 Å². The minimum absolute atomic E-state index is 0.0384. The number of phenols is 2. The maximum atomic E-state index is 13.0. The number of hydrogen-bond donors (Lipinski definition) is 3. The third-order valence-electron chi connectivity index (χ3n) is 7.43. The highest BCUT2D eigenvalue weighted by Crippen LogP contribution is 2.42. The molecule has 0 spiro atoms. The first-order valence-corrected chi connectivity index (χ1v) is 11.9. The van der Waals surface area contributed by atoms with Crippen LogP contribution in [-0.2, 0) is 0 Å². The fourth-order valence-electron chi connectivity index (χ4n) is 5.60. The Hall–Kier alpha value is -2.83. The highest BCUT2D eigenvalue weighted by atomic mass is 16.3. The Kier molecular flexibility index (Phi) is 5.89. The van der Waals surface area contributed by atoms with Crippen molar-refractivity contribution in [3.05, 3.63) is 57.7 Å². The summed E-state index contributed by atoms with van der Waals surface area (Å²) in [6.07, 6.45) is 6.16. The zero-order valence-electron chi connectivity index (χ0n) is 19.0. The summed E-state index contributed by atoms with van der Waals surface area (Å²) in [5.41, 5.74) is 2.25. The van der Waals surface area contributed by atoms with E-state index in [1.165, 1.54) is 49.8 Å². The van der Waals surface area contributed by atoms with Crippen LogP contribution in [0.1, 0.15) is 61.5 Å². The lowest BCUT2D eigenvalue weighted by atomic mass is 9.84. The summed E-state index contributed by atoms with van der Waals surface area (Å²) in [5, 5.41) is 31.9. The number of fused-ring (bicyclic) bond motifs is 1. The van der Waals surface area contributed by atoms with Crippen LogP contribution < -0.4 is 5.43 Å². The number of aliphatic hydroxyl groups excluding tert-OH is 1. The molecule has 5 rings (SSSR count). The van der Waals surface area contributed by atoms with Gasteiger partial charge in [0.05, 0.1) is 6.10 Å². The van der Waals surface area contributed by atoms with E-state index < -0.39 is 12.0 Å². The van der Waals surface area contributed by atoms with Gasteiger partial charge in [0.1, 0.15) is 28.2 Å². The standard InChI is InChI=1S/C27H31NO5/c1-28-12-11-19(23(32)15-28)25-20(29)13-21(30)26-22(31)14-24(33-27(25)26)18-9-7-17(8-10-18)16-5-3-2-4-6-16/h7-10,13-14,16,19,23,29-30,32H,2-6,11-12,15H2,1H3/t19-,23+/m0/s1. The van der Waals surface area contributed by atoms with Gasteiger partial charge < -0.3 is 24.6 Å². The first-order valence-electron chi connectivity index (χ1n) is 11.9. The maximum Gasteiger partial charge on any atom is 0.197 e. The summed E-state index contributed by atoms with van der Waals surface area (Å²) < 4.78 is 6.19. The molecular formula is C27H31NO5. The van der Waals surface area contributed by atoms with Gasteiger partial charge in [-0.25, -0.2) is 0 Å². The van der Waals surface area contributed by atoms with Crippen molar-refractivity contribution in [2.24, 2.45) is 0 Å². The van der Waals surface area contributed by atoms with Crippen LogP contribution in [0.25, 0.3) is 22.3 Å². The Morgan fingerprint density at radius 1 is 0.970 bits per heavy atom. The van der Waals surface area contributed by atoms with E-state index >= 15 is 0 Å². The van der Waals surface area contributed by atoms with Gasteiger partial charge in [0.25, 0.3) is 0 Å². The van der Waals surface area contributed by atoms with Gasteiger partial charge >= 0.3 is 0 Å². The van der Waals surface area contributed by atoms with E-state index in [0.717, 1.165) is 12.1 Å². The van der Waals surface area contributed by atoms with E-state index in [-0.39, 0.29) is 27.9 Å². The number of aromatic hydroxyl groups is 2. The number of aliphatic hydroxyl groups is 1. The number of piperidine rings is 1. The molecule has 1 aromatic heterocycles. The average molecular weight is 450 g/mol. The molecule has 1 aliphatic carbocycles. The van der Waals surface area contributed by atoms with Crippen LogP contribution in [0.2, 0.25) is 0 Å². The Morgan fingerprint density at radius 2 is 1.70 bits per heavy atom. The van der Waals surface area contributed by atoms with Crippen molar-refractivity contribution in [1.82, 2.24) is 4.90 Å². The van der Waals surface area contributed by atoms with Crippen LogP contribution in [-0.4, -0.2) is 46.5 Å². The van der Waals surface area contributed by atoms with E-state index in [0.29, 0.717) is 30.2 Å². The second-order valence-corrected chi connectivity index (χ2v) is 9.69. The van der Waals surface area contributed by atoms with Gasteiger partial charge in [0, 0.05) is 35.7 Å². The largest absolute Gasteiger partial charge is 0.507 e. The second-order valence-electron chi connectivity index (χ2n) is 9.69. The van der Waals surface area contributed by atoms with Gasteiger partial charge in [0.2, 0.25) is 0 Å². The molecule has 2 aliphatic rings. The molecule has 0 bridgehead atoms. The highest BCUT2D eigenvalue weighted by Gasteiger charge is 2.33. The van der Waals surface area contributed by atoms with Gasteiger partial charge in [0.15, 0.2) is 5.43 Å². The molecule has 0 amide bonds.